The molecular weight excluding hydrogens is 486 g/mol. The van der Waals surface area contributed by atoms with Crippen molar-refractivity contribution in [2.75, 3.05) is 41.7 Å². The summed E-state index contributed by atoms with van der Waals surface area (Å²) in [5.74, 6) is 0.147. The van der Waals surface area contributed by atoms with Crippen molar-refractivity contribution in [1.29, 1.82) is 0 Å². The summed E-state index contributed by atoms with van der Waals surface area (Å²) in [5, 5.41) is 8.27. The number of thiazole rings is 1. The molecule has 35 heavy (non-hydrogen) atoms. The molecule has 1 aromatic heterocycles. The van der Waals surface area contributed by atoms with E-state index in [0.717, 1.165) is 24.5 Å². The first-order valence-electron chi connectivity index (χ1n) is 11.3. The van der Waals surface area contributed by atoms with Crippen LogP contribution in [0.15, 0.2) is 53.9 Å². The van der Waals surface area contributed by atoms with Crippen LogP contribution in [0, 0.1) is 0 Å². The van der Waals surface area contributed by atoms with Crippen molar-refractivity contribution < 1.29 is 14.4 Å². The third-order valence-corrected chi connectivity index (χ3v) is 6.76. The molecule has 0 spiro atoms. The van der Waals surface area contributed by atoms with E-state index in [0.29, 0.717) is 47.3 Å². The average molecular weight is 512 g/mol. The van der Waals surface area contributed by atoms with Crippen LogP contribution in [0.3, 0.4) is 0 Å². The van der Waals surface area contributed by atoms with E-state index in [2.05, 4.69) is 20.5 Å². The normalized spacial score (nSPS) is 13.4. The van der Waals surface area contributed by atoms with Gasteiger partial charge in [0.05, 0.1) is 5.69 Å². The Morgan fingerprint density at radius 1 is 1.03 bits per heavy atom. The lowest BCUT2D eigenvalue weighted by Crippen LogP contribution is -2.48. The van der Waals surface area contributed by atoms with Crippen molar-refractivity contribution in [2.24, 2.45) is 0 Å². The molecule has 0 radical (unpaired) electrons. The summed E-state index contributed by atoms with van der Waals surface area (Å²) in [6.45, 7) is 4.36. The number of aromatic nitrogens is 1. The van der Waals surface area contributed by atoms with Gasteiger partial charge in [0.2, 0.25) is 5.91 Å². The van der Waals surface area contributed by atoms with Crippen LogP contribution >= 0.6 is 22.9 Å². The number of carbonyl (C=O) groups excluding carboxylic acids is 3. The van der Waals surface area contributed by atoms with Gasteiger partial charge in [0, 0.05) is 59.9 Å². The number of ketones is 1. The number of piperazine rings is 1. The van der Waals surface area contributed by atoms with Gasteiger partial charge in [-0.2, -0.15) is 0 Å². The molecule has 1 aliphatic heterocycles. The fourth-order valence-corrected chi connectivity index (χ4v) is 4.75. The fourth-order valence-electron chi connectivity index (χ4n) is 3.82. The van der Waals surface area contributed by atoms with Crippen molar-refractivity contribution in [3.05, 3.63) is 70.2 Å². The summed E-state index contributed by atoms with van der Waals surface area (Å²) < 4.78 is 0. The zero-order valence-electron chi connectivity index (χ0n) is 19.3. The van der Waals surface area contributed by atoms with Gasteiger partial charge < -0.3 is 15.1 Å². The smallest absolute Gasteiger partial charge is 0.325 e. The average Bonchev–Trinajstić information content (AvgIpc) is 3.29. The Balaban J connectivity index is 1.21. The van der Waals surface area contributed by atoms with Crippen LogP contribution < -0.4 is 15.5 Å². The van der Waals surface area contributed by atoms with Crippen LogP contribution in [-0.2, 0) is 11.2 Å². The number of halogens is 1. The minimum absolute atomic E-state index is 0.0517. The Morgan fingerprint density at radius 3 is 2.46 bits per heavy atom. The van der Waals surface area contributed by atoms with Crippen LogP contribution in [0.2, 0.25) is 5.02 Å². The number of Topliss-reactive ketones (excluding diaryl/α,β-unsaturated/α-hetero) is 1. The molecule has 3 aromatic rings. The van der Waals surface area contributed by atoms with Gasteiger partial charge in [-0.1, -0.05) is 17.7 Å². The predicted molar refractivity (Wildman–Crippen MR) is 140 cm³/mol. The zero-order chi connectivity index (χ0) is 24.8. The van der Waals surface area contributed by atoms with E-state index in [1.165, 1.54) is 11.3 Å². The minimum Gasteiger partial charge on any atom is -0.368 e. The highest BCUT2D eigenvalue weighted by molar-refractivity contribution is 7.13. The Morgan fingerprint density at radius 2 is 1.77 bits per heavy atom. The number of amides is 3. The molecule has 8 nitrogen and oxygen atoms in total. The van der Waals surface area contributed by atoms with Gasteiger partial charge in [-0.05, 0) is 55.8 Å². The summed E-state index contributed by atoms with van der Waals surface area (Å²) in [7, 11) is 0. The molecule has 0 atom stereocenters. The molecule has 182 valence electrons. The Labute approximate surface area is 212 Å². The van der Waals surface area contributed by atoms with Gasteiger partial charge >= 0.3 is 6.03 Å². The molecule has 10 heteroatoms. The van der Waals surface area contributed by atoms with E-state index in [1.807, 2.05) is 34.5 Å². The molecule has 0 bridgehead atoms. The number of hydrogen-bond acceptors (Lipinski definition) is 6. The quantitative estimate of drug-likeness (QED) is 0.439. The first-order valence-corrected chi connectivity index (χ1v) is 12.5. The van der Waals surface area contributed by atoms with Crippen molar-refractivity contribution in [3.63, 3.8) is 0 Å². The molecule has 0 aliphatic carbocycles. The Kier molecular flexibility index (Phi) is 7.99. The second-order valence-electron chi connectivity index (χ2n) is 8.20. The highest BCUT2D eigenvalue weighted by Gasteiger charge is 2.21. The van der Waals surface area contributed by atoms with Crippen molar-refractivity contribution in [3.8, 4) is 0 Å². The first kappa shape index (κ1) is 24.7. The molecule has 3 amide bonds. The third kappa shape index (κ3) is 6.80. The molecule has 1 fully saturated rings. The minimum atomic E-state index is -0.405. The maximum Gasteiger partial charge on any atom is 0.325 e. The maximum atomic E-state index is 12.7. The highest BCUT2D eigenvalue weighted by atomic mass is 35.5. The number of rotatable bonds is 7. The lowest BCUT2D eigenvalue weighted by molar-refractivity contribution is -0.131. The van der Waals surface area contributed by atoms with Crippen LogP contribution in [0.5, 0.6) is 0 Å². The van der Waals surface area contributed by atoms with E-state index in [9.17, 15) is 14.4 Å². The number of aryl methyl sites for hydroxylation is 1. The van der Waals surface area contributed by atoms with E-state index in [4.69, 9.17) is 11.6 Å². The number of urea groups is 1. The van der Waals surface area contributed by atoms with E-state index in [1.54, 1.807) is 31.2 Å². The number of nitrogens with zero attached hydrogens (tertiary/aromatic N) is 3. The summed E-state index contributed by atoms with van der Waals surface area (Å²) in [4.78, 5) is 44.8. The van der Waals surface area contributed by atoms with E-state index >= 15 is 0 Å². The molecule has 1 saturated heterocycles. The number of carbonyl (C=O) groups is 3. The van der Waals surface area contributed by atoms with Crippen molar-refractivity contribution >= 4 is 57.2 Å². The van der Waals surface area contributed by atoms with Gasteiger partial charge in [-0.3, -0.25) is 14.9 Å². The summed E-state index contributed by atoms with van der Waals surface area (Å²) in [6.07, 6.45) is 0.880. The Hall–Kier alpha value is -3.43. The lowest BCUT2D eigenvalue weighted by Gasteiger charge is -2.36. The fraction of sp³-hybridized carbons (Fsp3) is 0.280. The first-order chi connectivity index (χ1) is 16.9. The maximum absolute atomic E-state index is 12.7. The predicted octanol–water partition coefficient (Wildman–Crippen LogP) is 4.92. The van der Waals surface area contributed by atoms with Crippen molar-refractivity contribution in [2.45, 2.75) is 19.8 Å². The van der Waals surface area contributed by atoms with Gasteiger partial charge in [-0.25, -0.2) is 9.78 Å². The monoisotopic (exact) mass is 511 g/mol. The van der Waals surface area contributed by atoms with Gasteiger partial charge in [0.15, 0.2) is 10.9 Å². The van der Waals surface area contributed by atoms with Crippen LogP contribution in [0.1, 0.15) is 29.4 Å². The zero-order valence-corrected chi connectivity index (χ0v) is 20.9. The highest BCUT2D eigenvalue weighted by Crippen LogP contribution is 2.20. The molecule has 2 aromatic carbocycles. The molecule has 4 rings (SSSR count). The van der Waals surface area contributed by atoms with Gasteiger partial charge in [-0.15, -0.1) is 11.3 Å². The molecule has 2 heterocycles. The van der Waals surface area contributed by atoms with Gasteiger partial charge in [0.25, 0.3) is 0 Å². The third-order valence-electron chi connectivity index (χ3n) is 5.72. The summed E-state index contributed by atoms with van der Waals surface area (Å²) in [6, 6.07) is 14.1. The molecular formula is C25H26ClN5O3S. The largest absolute Gasteiger partial charge is 0.368 e. The van der Waals surface area contributed by atoms with Crippen LogP contribution in [0.4, 0.5) is 21.3 Å². The number of benzene rings is 2. The lowest BCUT2D eigenvalue weighted by atomic mass is 10.1. The number of hydrogen-bond donors (Lipinski definition) is 2. The van der Waals surface area contributed by atoms with E-state index in [-0.39, 0.29) is 11.7 Å². The SMILES string of the molecule is CC(=O)c1ccc(N2CCN(C(=O)CCc3csc(NC(=O)Nc4cccc(Cl)c4)n3)CC2)cc1. The number of nitrogens with one attached hydrogen (secondary N) is 2. The molecule has 2 N–H and O–H groups in total. The topological polar surface area (TPSA) is 94.6 Å². The van der Waals surface area contributed by atoms with Crippen LogP contribution in [0.25, 0.3) is 0 Å². The molecule has 1 aliphatic rings. The summed E-state index contributed by atoms with van der Waals surface area (Å²) >= 11 is 7.25. The van der Waals surface area contributed by atoms with Crippen molar-refractivity contribution in [1.82, 2.24) is 9.88 Å². The van der Waals surface area contributed by atoms with E-state index < -0.39 is 6.03 Å². The summed E-state index contributed by atoms with van der Waals surface area (Å²) in [5.41, 5.74) is 3.12. The standard InChI is InChI=1S/C25H26ClN5O3S/c1-17(32)18-5-8-22(9-6-18)30-11-13-31(14-12-30)23(33)10-7-21-16-35-25(28-21)29-24(34)27-20-4-2-3-19(26)15-20/h2-6,8-9,15-16H,7,10-14H2,1H3,(H2,27,28,29,34). The second kappa shape index (κ2) is 11.3. The molecule has 0 unspecified atom stereocenters. The second-order valence-corrected chi connectivity index (χ2v) is 9.50. The van der Waals surface area contributed by atoms with Crippen LogP contribution in [-0.4, -0.2) is 53.8 Å². The molecule has 0 saturated carbocycles. The number of anilines is 3. The van der Waals surface area contributed by atoms with Gasteiger partial charge in [0.1, 0.15) is 0 Å². The Bertz CT molecular complexity index is 1210.